The molecule has 2 aromatic rings. The number of aromatic nitrogens is 1. The minimum Gasteiger partial charge on any atom is -0.465 e. The lowest BCUT2D eigenvalue weighted by atomic mass is 10.1. The van der Waals surface area contributed by atoms with Crippen LogP contribution in [0.25, 0.3) is 0 Å². The number of nitrogens with zero attached hydrogens (tertiary/aromatic N) is 2. The fourth-order valence-electron chi connectivity index (χ4n) is 2.92. The summed E-state index contributed by atoms with van der Waals surface area (Å²) in [7, 11) is 1.32. The van der Waals surface area contributed by atoms with Gasteiger partial charge in [-0.25, -0.2) is 14.6 Å². The van der Waals surface area contributed by atoms with Gasteiger partial charge in [0.2, 0.25) is 0 Å². The number of likely N-dealkylation sites (tertiary alicyclic amines) is 1. The van der Waals surface area contributed by atoms with Gasteiger partial charge in [0.15, 0.2) is 0 Å². The smallest absolute Gasteiger partial charge is 0.339 e. The van der Waals surface area contributed by atoms with Gasteiger partial charge in [-0.15, -0.1) is 11.3 Å². The number of esters is 1. The number of ether oxygens (including phenoxy) is 1. The van der Waals surface area contributed by atoms with Gasteiger partial charge in [-0.3, -0.25) is 0 Å². The maximum Gasteiger partial charge on any atom is 0.339 e. The maximum atomic E-state index is 12.7. The highest BCUT2D eigenvalue weighted by Crippen LogP contribution is 2.33. The number of nitrogens with one attached hydrogen (secondary N) is 1. The lowest BCUT2D eigenvalue weighted by Gasteiger charge is -2.24. The molecule has 24 heavy (non-hydrogen) atoms. The molecule has 126 valence electrons. The van der Waals surface area contributed by atoms with Crippen molar-refractivity contribution >= 4 is 29.0 Å². The summed E-state index contributed by atoms with van der Waals surface area (Å²) in [5.41, 5.74) is 1.73. The number of amides is 2. The van der Waals surface area contributed by atoms with E-state index in [1.54, 1.807) is 40.5 Å². The molecule has 3 rings (SSSR count). The zero-order chi connectivity index (χ0) is 17.1. The van der Waals surface area contributed by atoms with Gasteiger partial charge in [0.05, 0.1) is 35.1 Å². The van der Waals surface area contributed by atoms with Crippen molar-refractivity contribution in [2.24, 2.45) is 0 Å². The lowest BCUT2D eigenvalue weighted by molar-refractivity contribution is 0.0602. The highest BCUT2D eigenvalue weighted by Gasteiger charge is 2.32. The minimum atomic E-state index is -0.473. The average Bonchev–Trinajstić information content (AvgIpc) is 3.23. The molecule has 1 aromatic carbocycles. The minimum absolute atomic E-state index is 0.0137. The van der Waals surface area contributed by atoms with Crippen molar-refractivity contribution in [3.63, 3.8) is 0 Å². The Hall–Kier alpha value is -2.41. The van der Waals surface area contributed by atoms with E-state index < -0.39 is 5.97 Å². The van der Waals surface area contributed by atoms with Crippen molar-refractivity contribution in [1.29, 1.82) is 0 Å². The zero-order valence-corrected chi connectivity index (χ0v) is 14.4. The highest BCUT2D eigenvalue weighted by atomic mass is 32.1. The van der Waals surface area contributed by atoms with Crippen LogP contribution in [0.15, 0.2) is 29.6 Å². The van der Waals surface area contributed by atoms with Crippen molar-refractivity contribution in [2.75, 3.05) is 19.0 Å². The van der Waals surface area contributed by atoms with E-state index in [4.69, 9.17) is 4.74 Å². The first-order valence-corrected chi connectivity index (χ1v) is 8.65. The predicted molar refractivity (Wildman–Crippen MR) is 92.3 cm³/mol. The van der Waals surface area contributed by atoms with E-state index in [1.807, 2.05) is 12.3 Å². The predicted octanol–water partition coefficient (Wildman–Crippen LogP) is 3.61. The van der Waals surface area contributed by atoms with Crippen LogP contribution in [0, 0.1) is 6.92 Å². The van der Waals surface area contributed by atoms with Gasteiger partial charge in [-0.2, -0.15) is 0 Å². The largest absolute Gasteiger partial charge is 0.465 e. The Balaban J connectivity index is 1.79. The lowest BCUT2D eigenvalue weighted by Crippen LogP contribution is -2.35. The summed E-state index contributed by atoms with van der Waals surface area (Å²) in [4.78, 5) is 30.8. The number of hydrogen-bond donors (Lipinski definition) is 1. The number of para-hydroxylation sites is 1. The van der Waals surface area contributed by atoms with Crippen LogP contribution in [-0.4, -0.2) is 35.5 Å². The number of aryl methyl sites for hydroxylation is 1. The van der Waals surface area contributed by atoms with Crippen molar-refractivity contribution < 1.29 is 14.3 Å². The third kappa shape index (κ3) is 3.26. The molecule has 7 heteroatoms. The summed E-state index contributed by atoms with van der Waals surface area (Å²) in [6, 6.07) is 6.60. The number of rotatable bonds is 3. The molecule has 1 saturated heterocycles. The first kappa shape index (κ1) is 16.4. The highest BCUT2D eigenvalue weighted by molar-refractivity contribution is 7.09. The fourth-order valence-corrected chi connectivity index (χ4v) is 3.58. The van der Waals surface area contributed by atoms with Crippen LogP contribution >= 0.6 is 11.3 Å². The second-order valence-electron chi connectivity index (χ2n) is 5.61. The Morgan fingerprint density at radius 1 is 1.38 bits per heavy atom. The number of hydrogen-bond acceptors (Lipinski definition) is 5. The summed E-state index contributed by atoms with van der Waals surface area (Å²) < 4.78 is 4.76. The molecule has 0 radical (unpaired) electrons. The van der Waals surface area contributed by atoms with Gasteiger partial charge in [0, 0.05) is 11.9 Å². The van der Waals surface area contributed by atoms with E-state index in [0.29, 0.717) is 17.8 Å². The van der Waals surface area contributed by atoms with Crippen LogP contribution in [0.2, 0.25) is 0 Å². The van der Waals surface area contributed by atoms with Gasteiger partial charge in [0.1, 0.15) is 0 Å². The summed E-state index contributed by atoms with van der Waals surface area (Å²) in [5, 5.41) is 5.84. The van der Waals surface area contributed by atoms with Gasteiger partial charge < -0.3 is 15.0 Å². The van der Waals surface area contributed by atoms with Crippen LogP contribution in [-0.2, 0) is 4.74 Å². The monoisotopic (exact) mass is 345 g/mol. The molecule has 1 aliphatic rings. The Morgan fingerprint density at radius 3 is 2.88 bits per heavy atom. The number of benzene rings is 1. The van der Waals surface area contributed by atoms with E-state index in [2.05, 4.69) is 10.3 Å². The second-order valence-corrected chi connectivity index (χ2v) is 6.67. The molecular formula is C17H19N3O3S. The standard InChI is InChI=1S/C17H19N3O3S/c1-11-18-14(10-24-11)15-8-5-9-20(15)17(22)19-13-7-4-3-6-12(13)16(21)23-2/h3-4,6-7,10,15H,5,8-9H2,1-2H3,(H,19,22)/t15-/m1/s1. The van der Waals surface area contributed by atoms with E-state index in [-0.39, 0.29) is 12.1 Å². The van der Waals surface area contributed by atoms with E-state index in [9.17, 15) is 9.59 Å². The SMILES string of the molecule is COC(=O)c1ccccc1NC(=O)N1CCC[C@@H]1c1csc(C)n1. The molecule has 1 aromatic heterocycles. The first-order valence-electron chi connectivity index (χ1n) is 7.77. The van der Waals surface area contributed by atoms with Crippen LogP contribution in [0.5, 0.6) is 0 Å². The van der Waals surface area contributed by atoms with Gasteiger partial charge in [0.25, 0.3) is 0 Å². The number of carbonyl (C=O) groups excluding carboxylic acids is 2. The maximum absolute atomic E-state index is 12.7. The number of urea groups is 1. The molecule has 1 fully saturated rings. The van der Waals surface area contributed by atoms with Crippen LogP contribution in [0.1, 0.15) is 39.9 Å². The Kier molecular flexibility index (Phi) is 4.80. The molecule has 0 spiro atoms. The molecule has 0 aliphatic carbocycles. The Bertz CT molecular complexity index is 759. The molecular weight excluding hydrogens is 326 g/mol. The first-order chi connectivity index (χ1) is 11.6. The van der Waals surface area contributed by atoms with Crippen LogP contribution in [0.4, 0.5) is 10.5 Å². The Morgan fingerprint density at radius 2 is 2.17 bits per heavy atom. The molecule has 0 unspecified atom stereocenters. The van der Waals surface area contributed by atoms with Gasteiger partial charge in [-0.1, -0.05) is 12.1 Å². The van der Waals surface area contributed by atoms with E-state index in [1.165, 1.54) is 7.11 Å². The second kappa shape index (κ2) is 7.00. The third-order valence-electron chi connectivity index (χ3n) is 4.07. The molecule has 2 amide bonds. The summed E-state index contributed by atoms with van der Waals surface area (Å²) >= 11 is 1.59. The number of thiazole rings is 1. The molecule has 1 atom stereocenters. The summed E-state index contributed by atoms with van der Waals surface area (Å²) in [5.74, 6) is -0.473. The molecule has 0 bridgehead atoms. The molecule has 1 aliphatic heterocycles. The number of methoxy groups -OCH3 is 1. The average molecular weight is 345 g/mol. The van der Waals surface area contributed by atoms with Gasteiger partial charge in [-0.05, 0) is 31.9 Å². The van der Waals surface area contributed by atoms with Crippen molar-refractivity contribution in [1.82, 2.24) is 9.88 Å². The Labute approximate surface area is 144 Å². The van der Waals surface area contributed by atoms with Gasteiger partial charge >= 0.3 is 12.0 Å². The van der Waals surface area contributed by atoms with Crippen molar-refractivity contribution in [3.8, 4) is 0 Å². The van der Waals surface area contributed by atoms with Crippen LogP contribution < -0.4 is 5.32 Å². The number of anilines is 1. The van der Waals surface area contributed by atoms with Crippen LogP contribution in [0.3, 0.4) is 0 Å². The third-order valence-corrected chi connectivity index (χ3v) is 4.86. The summed E-state index contributed by atoms with van der Waals surface area (Å²) in [6.45, 7) is 2.63. The molecule has 1 N–H and O–H groups in total. The number of carbonyl (C=O) groups is 2. The molecule has 2 heterocycles. The zero-order valence-electron chi connectivity index (χ0n) is 13.6. The van der Waals surface area contributed by atoms with Crippen molar-refractivity contribution in [2.45, 2.75) is 25.8 Å². The molecule has 6 nitrogen and oxygen atoms in total. The van der Waals surface area contributed by atoms with E-state index in [0.717, 1.165) is 23.5 Å². The topological polar surface area (TPSA) is 71.5 Å². The summed E-state index contributed by atoms with van der Waals surface area (Å²) in [6.07, 6.45) is 1.84. The molecule has 0 saturated carbocycles. The normalized spacial score (nSPS) is 16.9. The quantitative estimate of drug-likeness (QED) is 0.863. The van der Waals surface area contributed by atoms with E-state index >= 15 is 0 Å². The fraction of sp³-hybridized carbons (Fsp3) is 0.353. The van der Waals surface area contributed by atoms with Crippen molar-refractivity contribution in [3.05, 3.63) is 45.9 Å².